The van der Waals surface area contributed by atoms with Crippen molar-refractivity contribution in [2.75, 3.05) is 20.0 Å². The highest BCUT2D eigenvalue weighted by Gasteiger charge is 2.15. The van der Waals surface area contributed by atoms with Crippen molar-refractivity contribution in [1.29, 1.82) is 0 Å². The van der Waals surface area contributed by atoms with Crippen LogP contribution in [0.3, 0.4) is 0 Å². The van der Waals surface area contributed by atoms with E-state index in [2.05, 4.69) is 4.98 Å². The molecule has 3 N–H and O–H groups in total. The molecule has 0 aliphatic rings. The lowest BCUT2D eigenvalue weighted by atomic mass is 10.0. The second-order valence-electron chi connectivity index (χ2n) is 6.13. The predicted molar refractivity (Wildman–Crippen MR) is 101 cm³/mol. The fourth-order valence-electron chi connectivity index (χ4n) is 2.93. The average molecular weight is 353 g/mol. The fourth-order valence-corrected chi connectivity index (χ4v) is 2.93. The largest absolute Gasteiger partial charge is 0.504 e. The first kappa shape index (κ1) is 17.7. The Morgan fingerprint density at radius 1 is 1.00 bits per heavy atom. The zero-order valence-electron chi connectivity index (χ0n) is 15.2. The van der Waals surface area contributed by atoms with Gasteiger partial charge in [0.15, 0.2) is 17.4 Å². The molecule has 2 aromatic carbocycles. The van der Waals surface area contributed by atoms with Crippen LogP contribution in [0.4, 0.5) is 5.95 Å². The van der Waals surface area contributed by atoms with Crippen LogP contribution in [0.2, 0.25) is 0 Å². The number of hydrogen-bond donors (Lipinski definition) is 2. The predicted octanol–water partition coefficient (Wildman–Crippen LogP) is 2.91. The van der Waals surface area contributed by atoms with Gasteiger partial charge in [-0.25, -0.2) is 4.98 Å². The summed E-state index contributed by atoms with van der Waals surface area (Å²) in [5.74, 6) is 1.88. The van der Waals surface area contributed by atoms with Gasteiger partial charge in [-0.05, 0) is 35.4 Å². The SMILES string of the molecule is COc1ccc(Cc2nc(N)n(C)c2Cc2ccc(O)c(OC)c2)cc1. The molecular formula is C20H23N3O3. The van der Waals surface area contributed by atoms with Crippen LogP contribution in [-0.2, 0) is 19.9 Å². The molecule has 6 heteroatoms. The summed E-state index contributed by atoms with van der Waals surface area (Å²) in [6.07, 6.45) is 1.32. The molecule has 0 aliphatic heterocycles. The second kappa shape index (κ2) is 7.39. The van der Waals surface area contributed by atoms with Gasteiger partial charge < -0.3 is 24.9 Å². The number of aromatic nitrogens is 2. The molecule has 3 aromatic rings. The normalized spacial score (nSPS) is 10.7. The van der Waals surface area contributed by atoms with E-state index in [9.17, 15) is 5.11 Å². The second-order valence-corrected chi connectivity index (χ2v) is 6.13. The molecule has 26 heavy (non-hydrogen) atoms. The van der Waals surface area contributed by atoms with Gasteiger partial charge in [0.25, 0.3) is 0 Å². The number of hydrogen-bond acceptors (Lipinski definition) is 5. The van der Waals surface area contributed by atoms with Crippen LogP contribution < -0.4 is 15.2 Å². The Bertz CT molecular complexity index is 901. The Morgan fingerprint density at radius 2 is 1.69 bits per heavy atom. The summed E-state index contributed by atoms with van der Waals surface area (Å²) in [5.41, 5.74) is 10.2. The van der Waals surface area contributed by atoms with Crippen molar-refractivity contribution in [3.05, 3.63) is 65.0 Å². The van der Waals surface area contributed by atoms with E-state index in [1.54, 1.807) is 13.2 Å². The third-order valence-corrected chi connectivity index (χ3v) is 4.48. The highest BCUT2D eigenvalue weighted by atomic mass is 16.5. The van der Waals surface area contributed by atoms with Crippen LogP contribution in [0, 0.1) is 0 Å². The number of anilines is 1. The summed E-state index contributed by atoms with van der Waals surface area (Å²) < 4.78 is 12.3. The number of rotatable bonds is 6. The summed E-state index contributed by atoms with van der Waals surface area (Å²) in [6.45, 7) is 0. The Hall–Kier alpha value is -3.15. The first-order valence-electron chi connectivity index (χ1n) is 8.30. The smallest absolute Gasteiger partial charge is 0.200 e. The summed E-state index contributed by atoms with van der Waals surface area (Å²) >= 11 is 0. The molecule has 0 radical (unpaired) electrons. The molecule has 0 fully saturated rings. The number of nitrogen functional groups attached to an aromatic ring is 1. The maximum Gasteiger partial charge on any atom is 0.200 e. The average Bonchev–Trinajstić information content (AvgIpc) is 2.91. The van der Waals surface area contributed by atoms with E-state index in [4.69, 9.17) is 15.2 Å². The third kappa shape index (κ3) is 3.59. The molecule has 0 atom stereocenters. The van der Waals surface area contributed by atoms with Crippen LogP contribution in [0.15, 0.2) is 42.5 Å². The van der Waals surface area contributed by atoms with Gasteiger partial charge in [0, 0.05) is 25.6 Å². The molecule has 6 nitrogen and oxygen atoms in total. The lowest BCUT2D eigenvalue weighted by molar-refractivity contribution is 0.373. The zero-order valence-corrected chi connectivity index (χ0v) is 15.2. The van der Waals surface area contributed by atoms with Gasteiger partial charge >= 0.3 is 0 Å². The minimum Gasteiger partial charge on any atom is -0.504 e. The standard InChI is InChI=1S/C20H23N3O3/c1-23-17(11-14-6-9-18(24)19(12-14)26-3)16(22-20(23)21)10-13-4-7-15(25-2)8-5-13/h4-9,12,24H,10-11H2,1-3H3,(H2,21,22). The quantitative estimate of drug-likeness (QED) is 0.712. The van der Waals surface area contributed by atoms with Gasteiger partial charge in [-0.15, -0.1) is 0 Å². The number of nitrogens with two attached hydrogens (primary N) is 1. The lowest BCUT2D eigenvalue weighted by Crippen LogP contribution is -2.04. The number of imidazole rings is 1. The number of methoxy groups -OCH3 is 2. The highest BCUT2D eigenvalue weighted by Crippen LogP contribution is 2.28. The Morgan fingerprint density at radius 3 is 2.35 bits per heavy atom. The summed E-state index contributed by atoms with van der Waals surface area (Å²) in [6, 6.07) is 13.3. The molecule has 1 heterocycles. The lowest BCUT2D eigenvalue weighted by Gasteiger charge is -2.10. The van der Waals surface area contributed by atoms with Crippen molar-refractivity contribution in [3.63, 3.8) is 0 Å². The maximum absolute atomic E-state index is 9.78. The van der Waals surface area contributed by atoms with Crippen LogP contribution in [0.1, 0.15) is 22.5 Å². The molecule has 0 saturated heterocycles. The molecule has 0 unspecified atom stereocenters. The third-order valence-electron chi connectivity index (χ3n) is 4.48. The van der Waals surface area contributed by atoms with Gasteiger partial charge in [0.05, 0.1) is 19.9 Å². The van der Waals surface area contributed by atoms with E-state index in [-0.39, 0.29) is 5.75 Å². The molecule has 136 valence electrons. The van der Waals surface area contributed by atoms with Gasteiger partial charge in [-0.2, -0.15) is 0 Å². The van der Waals surface area contributed by atoms with Gasteiger partial charge in [-0.1, -0.05) is 18.2 Å². The topological polar surface area (TPSA) is 82.5 Å². The number of phenolic OH excluding ortho intramolecular Hbond substituents is 1. The monoisotopic (exact) mass is 353 g/mol. The molecule has 0 spiro atoms. The van der Waals surface area contributed by atoms with Crippen LogP contribution in [0.5, 0.6) is 17.2 Å². The molecule has 1 aromatic heterocycles. The number of phenols is 1. The number of nitrogens with zero attached hydrogens (tertiary/aromatic N) is 2. The highest BCUT2D eigenvalue weighted by molar-refractivity contribution is 5.44. The zero-order chi connectivity index (χ0) is 18.7. The van der Waals surface area contributed by atoms with Crippen LogP contribution in [0.25, 0.3) is 0 Å². The molecule has 0 saturated carbocycles. The maximum atomic E-state index is 9.78. The molecule has 0 bridgehead atoms. The summed E-state index contributed by atoms with van der Waals surface area (Å²) in [7, 11) is 5.10. The Balaban J connectivity index is 1.89. The molecular weight excluding hydrogens is 330 g/mol. The first-order chi connectivity index (χ1) is 12.5. The minimum atomic E-state index is 0.124. The van der Waals surface area contributed by atoms with Crippen LogP contribution in [-0.4, -0.2) is 28.9 Å². The van der Waals surface area contributed by atoms with Gasteiger partial charge in [0.2, 0.25) is 0 Å². The van der Waals surface area contributed by atoms with E-state index in [1.165, 1.54) is 7.11 Å². The first-order valence-corrected chi connectivity index (χ1v) is 8.30. The van der Waals surface area contributed by atoms with E-state index in [0.717, 1.165) is 28.3 Å². The van der Waals surface area contributed by atoms with E-state index in [0.29, 0.717) is 24.5 Å². The Kier molecular flexibility index (Phi) is 5.02. The van der Waals surface area contributed by atoms with Crippen molar-refractivity contribution in [2.45, 2.75) is 12.8 Å². The Labute approximate surface area is 152 Å². The van der Waals surface area contributed by atoms with E-state index < -0.39 is 0 Å². The molecule has 0 amide bonds. The van der Waals surface area contributed by atoms with Crippen molar-refractivity contribution >= 4 is 5.95 Å². The van der Waals surface area contributed by atoms with Crippen molar-refractivity contribution in [2.24, 2.45) is 7.05 Å². The minimum absolute atomic E-state index is 0.124. The van der Waals surface area contributed by atoms with Crippen molar-refractivity contribution in [1.82, 2.24) is 9.55 Å². The summed E-state index contributed by atoms with van der Waals surface area (Å²) in [5, 5.41) is 9.78. The fraction of sp³-hybridized carbons (Fsp3) is 0.250. The molecule has 0 aliphatic carbocycles. The van der Waals surface area contributed by atoms with Gasteiger partial charge in [0.1, 0.15) is 5.75 Å². The number of benzene rings is 2. The van der Waals surface area contributed by atoms with E-state index >= 15 is 0 Å². The van der Waals surface area contributed by atoms with Gasteiger partial charge in [-0.3, -0.25) is 0 Å². The van der Waals surface area contributed by atoms with Crippen molar-refractivity contribution in [3.8, 4) is 17.2 Å². The number of ether oxygens (including phenoxy) is 2. The summed E-state index contributed by atoms with van der Waals surface area (Å²) in [4.78, 5) is 4.53. The van der Waals surface area contributed by atoms with Crippen LogP contribution >= 0.6 is 0 Å². The van der Waals surface area contributed by atoms with E-state index in [1.807, 2.05) is 48.0 Å². The molecule has 3 rings (SSSR count). The number of aromatic hydroxyl groups is 1. The van der Waals surface area contributed by atoms with Crippen molar-refractivity contribution < 1.29 is 14.6 Å².